The van der Waals surface area contributed by atoms with Crippen LogP contribution in [-0.2, 0) is 6.42 Å². The van der Waals surface area contributed by atoms with Gasteiger partial charge in [0.2, 0.25) is 0 Å². The van der Waals surface area contributed by atoms with Crippen LogP contribution in [0.2, 0.25) is 0 Å². The molecule has 114 valence electrons. The minimum absolute atomic E-state index is 0.0367. The topological polar surface area (TPSA) is 49.5 Å². The van der Waals surface area contributed by atoms with Gasteiger partial charge in [-0.05, 0) is 50.0 Å². The quantitative estimate of drug-likeness (QED) is 0.768. The molecule has 0 aliphatic heterocycles. The average Bonchev–Trinajstić information content (AvgIpc) is 2.44. The number of phenols is 1. The molecular weight excluding hydrogens is 248 g/mol. The summed E-state index contributed by atoms with van der Waals surface area (Å²) in [5.41, 5.74) is 7.73. The van der Waals surface area contributed by atoms with E-state index in [4.69, 9.17) is 5.73 Å². The molecule has 0 bridgehead atoms. The second kappa shape index (κ2) is 7.65. The van der Waals surface area contributed by atoms with E-state index in [0.717, 1.165) is 37.9 Å². The standard InChI is InChI=1S/C17H30N2O/c1-5-17(6-2,19(7-3)8-4)16(18)13-14-10-9-11-15(20)12-14/h9-12,16,20H,5-8,13,18H2,1-4H3. The molecule has 0 amide bonds. The zero-order chi connectivity index (χ0) is 15.2. The Morgan fingerprint density at radius 2 is 1.75 bits per heavy atom. The second-order valence-corrected chi connectivity index (χ2v) is 5.46. The predicted octanol–water partition coefficient (Wildman–Crippen LogP) is 3.16. The molecule has 1 aromatic rings. The number of benzene rings is 1. The zero-order valence-electron chi connectivity index (χ0n) is 13.4. The van der Waals surface area contributed by atoms with Gasteiger partial charge in [-0.25, -0.2) is 0 Å². The van der Waals surface area contributed by atoms with Gasteiger partial charge >= 0.3 is 0 Å². The number of phenolic OH excluding ortho intramolecular Hbond substituents is 1. The van der Waals surface area contributed by atoms with E-state index >= 15 is 0 Å². The molecule has 1 atom stereocenters. The number of likely N-dealkylation sites (N-methyl/N-ethyl adjacent to an activating group) is 1. The summed E-state index contributed by atoms with van der Waals surface area (Å²) in [5, 5.41) is 9.59. The Morgan fingerprint density at radius 1 is 1.15 bits per heavy atom. The monoisotopic (exact) mass is 278 g/mol. The van der Waals surface area contributed by atoms with E-state index < -0.39 is 0 Å². The van der Waals surface area contributed by atoms with Crippen LogP contribution < -0.4 is 5.73 Å². The summed E-state index contributed by atoms with van der Waals surface area (Å²) in [7, 11) is 0. The van der Waals surface area contributed by atoms with Crippen LogP contribution in [0.3, 0.4) is 0 Å². The lowest BCUT2D eigenvalue weighted by Crippen LogP contribution is -2.60. The van der Waals surface area contributed by atoms with E-state index in [0.29, 0.717) is 5.75 Å². The zero-order valence-corrected chi connectivity index (χ0v) is 13.4. The van der Waals surface area contributed by atoms with Gasteiger partial charge in [-0.3, -0.25) is 4.90 Å². The number of hydrogen-bond acceptors (Lipinski definition) is 3. The van der Waals surface area contributed by atoms with Crippen LogP contribution in [-0.4, -0.2) is 34.7 Å². The first-order valence-corrected chi connectivity index (χ1v) is 7.82. The molecule has 0 fully saturated rings. The first kappa shape index (κ1) is 17.0. The van der Waals surface area contributed by atoms with Crippen molar-refractivity contribution in [1.29, 1.82) is 0 Å². The molecule has 1 aromatic carbocycles. The molecule has 0 saturated carbocycles. The van der Waals surface area contributed by atoms with Gasteiger partial charge in [-0.2, -0.15) is 0 Å². The summed E-state index contributed by atoms with van der Waals surface area (Å²) < 4.78 is 0. The summed E-state index contributed by atoms with van der Waals surface area (Å²) in [6, 6.07) is 7.51. The molecule has 3 nitrogen and oxygen atoms in total. The smallest absolute Gasteiger partial charge is 0.115 e. The van der Waals surface area contributed by atoms with Crippen molar-refractivity contribution in [3.8, 4) is 5.75 Å². The molecule has 0 spiro atoms. The number of rotatable bonds is 8. The number of nitrogens with zero attached hydrogens (tertiary/aromatic N) is 1. The van der Waals surface area contributed by atoms with E-state index in [1.54, 1.807) is 6.07 Å². The van der Waals surface area contributed by atoms with Crippen LogP contribution in [0.1, 0.15) is 46.1 Å². The predicted molar refractivity (Wildman–Crippen MR) is 86.0 cm³/mol. The summed E-state index contributed by atoms with van der Waals surface area (Å²) >= 11 is 0. The second-order valence-electron chi connectivity index (χ2n) is 5.46. The van der Waals surface area contributed by atoms with Crippen molar-refractivity contribution in [1.82, 2.24) is 4.90 Å². The summed E-state index contributed by atoms with van der Waals surface area (Å²) in [5.74, 6) is 0.316. The van der Waals surface area contributed by atoms with Crippen molar-refractivity contribution in [2.24, 2.45) is 5.73 Å². The minimum Gasteiger partial charge on any atom is -0.508 e. The van der Waals surface area contributed by atoms with Crippen molar-refractivity contribution in [3.05, 3.63) is 29.8 Å². The molecule has 1 unspecified atom stereocenters. The van der Waals surface area contributed by atoms with Crippen LogP contribution in [0.15, 0.2) is 24.3 Å². The third-order valence-electron chi connectivity index (χ3n) is 4.67. The fourth-order valence-electron chi connectivity index (χ4n) is 3.44. The van der Waals surface area contributed by atoms with Gasteiger partial charge in [0.25, 0.3) is 0 Å². The van der Waals surface area contributed by atoms with Gasteiger partial charge in [0.05, 0.1) is 0 Å². The minimum atomic E-state index is 0.0367. The number of aromatic hydroxyl groups is 1. The SMILES string of the molecule is CCN(CC)C(CC)(CC)C(N)Cc1cccc(O)c1. The van der Waals surface area contributed by atoms with Crippen molar-refractivity contribution in [2.45, 2.75) is 58.5 Å². The molecule has 3 heteroatoms. The normalized spacial score (nSPS) is 13.7. The van der Waals surface area contributed by atoms with Crippen molar-refractivity contribution in [2.75, 3.05) is 13.1 Å². The molecule has 0 aliphatic carbocycles. The van der Waals surface area contributed by atoms with Gasteiger partial charge in [0, 0.05) is 11.6 Å². The van der Waals surface area contributed by atoms with Gasteiger partial charge in [-0.15, -0.1) is 0 Å². The largest absolute Gasteiger partial charge is 0.508 e. The van der Waals surface area contributed by atoms with E-state index in [1.807, 2.05) is 18.2 Å². The first-order chi connectivity index (χ1) is 9.53. The van der Waals surface area contributed by atoms with Gasteiger partial charge in [0.15, 0.2) is 0 Å². The Morgan fingerprint density at radius 3 is 2.20 bits per heavy atom. The highest BCUT2D eigenvalue weighted by atomic mass is 16.3. The molecule has 1 rings (SSSR count). The van der Waals surface area contributed by atoms with E-state index in [1.165, 1.54) is 0 Å². The molecular formula is C17H30N2O. The summed E-state index contributed by atoms with van der Waals surface area (Å²) in [6.07, 6.45) is 2.89. The van der Waals surface area contributed by atoms with Crippen LogP contribution in [0.5, 0.6) is 5.75 Å². The highest BCUT2D eigenvalue weighted by Crippen LogP contribution is 2.29. The highest BCUT2D eigenvalue weighted by Gasteiger charge is 2.37. The fourth-order valence-corrected chi connectivity index (χ4v) is 3.44. The van der Waals surface area contributed by atoms with Crippen LogP contribution in [0.4, 0.5) is 0 Å². The fraction of sp³-hybridized carbons (Fsp3) is 0.647. The third kappa shape index (κ3) is 3.53. The Balaban J connectivity index is 2.96. The van der Waals surface area contributed by atoms with Gasteiger partial charge in [-0.1, -0.05) is 39.8 Å². The van der Waals surface area contributed by atoms with Gasteiger partial charge < -0.3 is 10.8 Å². The van der Waals surface area contributed by atoms with E-state index in [2.05, 4.69) is 32.6 Å². The van der Waals surface area contributed by atoms with Crippen LogP contribution in [0, 0.1) is 0 Å². The Labute approximate surface area is 123 Å². The molecule has 0 saturated heterocycles. The Hall–Kier alpha value is -1.06. The summed E-state index contributed by atoms with van der Waals surface area (Å²) in [4.78, 5) is 2.49. The maximum absolute atomic E-state index is 9.59. The first-order valence-electron chi connectivity index (χ1n) is 7.82. The van der Waals surface area contributed by atoms with Crippen molar-refractivity contribution in [3.63, 3.8) is 0 Å². The molecule has 0 aromatic heterocycles. The number of nitrogens with two attached hydrogens (primary N) is 1. The Bertz CT molecular complexity index is 398. The lowest BCUT2D eigenvalue weighted by Gasteiger charge is -2.46. The highest BCUT2D eigenvalue weighted by molar-refractivity contribution is 5.28. The lowest BCUT2D eigenvalue weighted by molar-refractivity contribution is 0.0628. The maximum atomic E-state index is 9.59. The van der Waals surface area contributed by atoms with Crippen molar-refractivity contribution < 1.29 is 5.11 Å². The number of hydrogen-bond donors (Lipinski definition) is 2. The molecule has 0 radical (unpaired) electrons. The average molecular weight is 278 g/mol. The lowest BCUT2D eigenvalue weighted by atomic mass is 9.80. The molecule has 20 heavy (non-hydrogen) atoms. The third-order valence-corrected chi connectivity index (χ3v) is 4.67. The van der Waals surface area contributed by atoms with Gasteiger partial charge in [0.1, 0.15) is 5.75 Å². The van der Waals surface area contributed by atoms with Crippen molar-refractivity contribution >= 4 is 0 Å². The molecule has 3 N–H and O–H groups in total. The van der Waals surface area contributed by atoms with E-state index in [9.17, 15) is 5.11 Å². The maximum Gasteiger partial charge on any atom is 0.115 e. The van der Waals surface area contributed by atoms with Crippen LogP contribution in [0.25, 0.3) is 0 Å². The summed E-state index contributed by atoms with van der Waals surface area (Å²) in [6.45, 7) is 10.9. The van der Waals surface area contributed by atoms with E-state index in [-0.39, 0.29) is 11.6 Å². The molecule has 0 heterocycles. The van der Waals surface area contributed by atoms with Crippen LogP contribution >= 0.6 is 0 Å². The molecule has 0 aliphatic rings. The Kier molecular flexibility index (Phi) is 6.50.